The van der Waals surface area contributed by atoms with E-state index < -0.39 is 11.9 Å². The first-order valence-electron chi connectivity index (χ1n) is 9.32. The van der Waals surface area contributed by atoms with Crippen molar-refractivity contribution in [3.63, 3.8) is 0 Å². The Bertz CT molecular complexity index is 1030. The molecule has 1 aromatic heterocycles. The van der Waals surface area contributed by atoms with E-state index in [-0.39, 0.29) is 17.2 Å². The number of pyridine rings is 1. The number of hydrogen-bond donors (Lipinski definition) is 1. The third kappa shape index (κ3) is 3.29. The molecule has 0 amide bonds. The minimum Gasteiger partial charge on any atom is -0.466 e. The molecule has 29 heavy (non-hydrogen) atoms. The Balaban J connectivity index is 1.99. The smallest absolute Gasteiger partial charge is 0.338 e. The molecule has 0 radical (unpaired) electrons. The summed E-state index contributed by atoms with van der Waals surface area (Å²) >= 11 is 6.04. The number of methoxy groups -OCH3 is 1. The normalized spacial score (nSPS) is 19.3. The predicted octanol–water partition coefficient (Wildman–Crippen LogP) is 3.69. The van der Waals surface area contributed by atoms with Crippen LogP contribution in [0.2, 0.25) is 5.02 Å². The zero-order chi connectivity index (χ0) is 20.5. The maximum atomic E-state index is 13.1. The largest absolute Gasteiger partial charge is 0.466 e. The van der Waals surface area contributed by atoms with Crippen LogP contribution in [-0.2, 0) is 14.3 Å². The van der Waals surface area contributed by atoms with Gasteiger partial charge >= 0.3 is 5.97 Å². The summed E-state index contributed by atoms with van der Waals surface area (Å²) in [5.41, 5.74) is 9.65. The van der Waals surface area contributed by atoms with Crippen LogP contribution in [0, 0.1) is 0 Å². The first-order chi connectivity index (χ1) is 14.0. The van der Waals surface area contributed by atoms with Gasteiger partial charge < -0.3 is 10.5 Å². The summed E-state index contributed by atoms with van der Waals surface area (Å²) in [4.78, 5) is 31.8. The summed E-state index contributed by atoms with van der Waals surface area (Å²) in [5.74, 6) is -0.919. The average molecular weight is 410 g/mol. The first kappa shape index (κ1) is 19.2. The van der Waals surface area contributed by atoms with Crippen molar-refractivity contribution in [1.29, 1.82) is 0 Å². The second-order valence-corrected chi connectivity index (χ2v) is 7.40. The van der Waals surface area contributed by atoms with Crippen LogP contribution in [-0.4, -0.2) is 23.8 Å². The lowest BCUT2D eigenvalue weighted by Crippen LogP contribution is -2.40. The number of rotatable bonds is 3. The van der Waals surface area contributed by atoms with E-state index in [0.717, 1.165) is 23.4 Å². The minimum absolute atomic E-state index is 0.00738. The number of nitrogens with zero attached hydrogens (tertiary/aromatic N) is 2. The molecule has 148 valence electrons. The van der Waals surface area contributed by atoms with Gasteiger partial charge in [-0.25, -0.2) is 4.79 Å². The van der Waals surface area contributed by atoms with Crippen molar-refractivity contribution in [2.75, 3.05) is 12.0 Å². The highest BCUT2D eigenvalue weighted by Gasteiger charge is 2.43. The summed E-state index contributed by atoms with van der Waals surface area (Å²) in [5, 5.41) is 0.587. The number of esters is 1. The van der Waals surface area contributed by atoms with Crippen LogP contribution in [0.15, 0.2) is 71.5 Å². The maximum absolute atomic E-state index is 13.1. The van der Waals surface area contributed by atoms with Gasteiger partial charge in [0, 0.05) is 40.8 Å². The number of Topliss-reactive ketones (excluding diaryl/α,β-unsaturated/α-hetero) is 1. The Morgan fingerprint density at radius 1 is 1.24 bits per heavy atom. The molecule has 7 heteroatoms. The third-order valence-corrected chi connectivity index (χ3v) is 5.55. The monoisotopic (exact) mass is 409 g/mol. The number of carbonyl (C=O) groups is 2. The molecule has 2 heterocycles. The van der Waals surface area contributed by atoms with Gasteiger partial charge in [-0.3, -0.25) is 14.7 Å². The van der Waals surface area contributed by atoms with Crippen molar-refractivity contribution in [3.8, 4) is 0 Å². The molecule has 6 nitrogen and oxygen atoms in total. The molecule has 1 aliphatic heterocycles. The van der Waals surface area contributed by atoms with E-state index in [4.69, 9.17) is 22.1 Å². The molecule has 2 aliphatic rings. The van der Waals surface area contributed by atoms with Crippen LogP contribution in [0.3, 0.4) is 0 Å². The molecule has 2 N–H and O–H groups in total. The number of halogens is 1. The SMILES string of the molecule is COC(=O)C1=C(N)N(c2ccc(Cl)cc2)C2=C(C(=O)CCC2)[C@@H]1c1cccnc1. The number of allylic oxidation sites excluding steroid dienone is 2. The Morgan fingerprint density at radius 2 is 2.00 bits per heavy atom. The molecule has 0 unspecified atom stereocenters. The summed E-state index contributed by atoms with van der Waals surface area (Å²) in [6.07, 6.45) is 5.14. The van der Waals surface area contributed by atoms with Gasteiger partial charge in [0.05, 0.1) is 18.6 Å². The molecule has 1 aliphatic carbocycles. The Morgan fingerprint density at radius 3 is 2.66 bits per heavy atom. The minimum atomic E-state index is -0.609. The standard InChI is InChI=1S/C22H20ClN3O3/c1-29-22(28)20-18(13-4-3-11-25-12-13)19-16(5-2-6-17(19)27)26(21(20)24)15-9-7-14(23)8-10-15/h3-4,7-12,18H,2,5-6,24H2,1H3/t18-/m0/s1. The Kier molecular flexibility index (Phi) is 5.11. The fourth-order valence-electron chi connectivity index (χ4n) is 4.06. The number of benzene rings is 1. The quantitative estimate of drug-likeness (QED) is 0.778. The number of ketones is 1. The first-order valence-corrected chi connectivity index (χ1v) is 9.70. The van der Waals surface area contributed by atoms with E-state index in [2.05, 4.69) is 4.98 Å². The zero-order valence-corrected chi connectivity index (χ0v) is 16.6. The molecule has 0 bridgehead atoms. The molecular formula is C22H20ClN3O3. The van der Waals surface area contributed by atoms with Gasteiger partial charge in [0.2, 0.25) is 0 Å². The summed E-state index contributed by atoms with van der Waals surface area (Å²) < 4.78 is 5.05. The van der Waals surface area contributed by atoms with Gasteiger partial charge in [0.1, 0.15) is 5.82 Å². The molecule has 0 fully saturated rings. The van der Waals surface area contributed by atoms with Gasteiger partial charge in [0.15, 0.2) is 5.78 Å². The highest BCUT2D eigenvalue weighted by molar-refractivity contribution is 6.30. The molecule has 0 saturated heterocycles. The molecule has 0 spiro atoms. The van der Waals surface area contributed by atoms with Crippen LogP contribution in [0.1, 0.15) is 30.7 Å². The van der Waals surface area contributed by atoms with Gasteiger partial charge in [-0.05, 0) is 48.7 Å². The maximum Gasteiger partial charge on any atom is 0.338 e. The highest BCUT2D eigenvalue weighted by Crippen LogP contribution is 2.46. The van der Waals surface area contributed by atoms with Crippen molar-refractivity contribution in [2.45, 2.75) is 25.2 Å². The molecule has 4 rings (SSSR count). The number of nitrogens with two attached hydrogens (primary N) is 1. The van der Waals surface area contributed by atoms with Gasteiger partial charge in [-0.2, -0.15) is 0 Å². The van der Waals surface area contributed by atoms with Crippen LogP contribution in [0.4, 0.5) is 5.69 Å². The lowest BCUT2D eigenvalue weighted by atomic mass is 9.75. The van der Waals surface area contributed by atoms with E-state index in [1.54, 1.807) is 35.5 Å². The Labute approximate surface area is 173 Å². The summed E-state index contributed by atoms with van der Waals surface area (Å²) in [6.45, 7) is 0. The number of anilines is 1. The van der Waals surface area contributed by atoms with Gasteiger partial charge in [-0.1, -0.05) is 17.7 Å². The van der Waals surface area contributed by atoms with E-state index >= 15 is 0 Å². The van der Waals surface area contributed by atoms with E-state index in [0.29, 0.717) is 23.4 Å². The van der Waals surface area contributed by atoms with Gasteiger partial charge in [-0.15, -0.1) is 0 Å². The lowest BCUT2D eigenvalue weighted by molar-refractivity contribution is -0.136. The molecule has 1 atom stereocenters. The number of carbonyl (C=O) groups excluding carboxylic acids is 2. The molecule has 2 aromatic rings. The lowest BCUT2D eigenvalue weighted by Gasteiger charge is -2.40. The third-order valence-electron chi connectivity index (χ3n) is 5.30. The second-order valence-electron chi connectivity index (χ2n) is 6.96. The number of aromatic nitrogens is 1. The highest BCUT2D eigenvalue weighted by atomic mass is 35.5. The van der Waals surface area contributed by atoms with Crippen molar-refractivity contribution < 1.29 is 14.3 Å². The zero-order valence-electron chi connectivity index (χ0n) is 15.9. The summed E-state index contributed by atoms with van der Waals surface area (Å²) in [7, 11) is 1.31. The van der Waals surface area contributed by atoms with Crippen LogP contribution in [0.25, 0.3) is 0 Å². The van der Waals surface area contributed by atoms with Crippen molar-refractivity contribution >= 4 is 29.0 Å². The number of hydrogen-bond acceptors (Lipinski definition) is 6. The predicted molar refractivity (Wildman–Crippen MR) is 110 cm³/mol. The molecule has 1 aromatic carbocycles. The van der Waals surface area contributed by atoms with Crippen LogP contribution < -0.4 is 10.6 Å². The van der Waals surface area contributed by atoms with E-state index in [1.165, 1.54) is 7.11 Å². The molecule has 0 saturated carbocycles. The average Bonchev–Trinajstić information content (AvgIpc) is 2.74. The fraction of sp³-hybridized carbons (Fsp3) is 0.227. The van der Waals surface area contributed by atoms with Crippen molar-refractivity contribution in [3.05, 3.63) is 82.0 Å². The van der Waals surface area contributed by atoms with Gasteiger partial charge in [0.25, 0.3) is 0 Å². The van der Waals surface area contributed by atoms with Crippen LogP contribution >= 0.6 is 11.6 Å². The second kappa shape index (κ2) is 7.72. The van der Waals surface area contributed by atoms with Crippen LogP contribution in [0.5, 0.6) is 0 Å². The van der Waals surface area contributed by atoms with E-state index in [9.17, 15) is 9.59 Å². The van der Waals surface area contributed by atoms with E-state index in [1.807, 2.05) is 18.2 Å². The number of ether oxygens (including phenoxy) is 1. The van der Waals surface area contributed by atoms with Crippen molar-refractivity contribution in [1.82, 2.24) is 4.98 Å². The molecular weight excluding hydrogens is 390 g/mol. The Hall–Kier alpha value is -3.12. The topological polar surface area (TPSA) is 85.5 Å². The fourth-order valence-corrected chi connectivity index (χ4v) is 4.19. The van der Waals surface area contributed by atoms with Crippen molar-refractivity contribution in [2.24, 2.45) is 5.73 Å². The summed E-state index contributed by atoms with van der Waals surface area (Å²) in [6, 6.07) is 10.8.